The van der Waals surface area contributed by atoms with Crippen molar-refractivity contribution in [2.24, 2.45) is 5.73 Å². The predicted molar refractivity (Wildman–Crippen MR) is 82.9 cm³/mol. The van der Waals surface area contributed by atoms with Gasteiger partial charge in [-0.2, -0.15) is 0 Å². The van der Waals surface area contributed by atoms with Gasteiger partial charge in [-0.05, 0) is 58.5 Å². The van der Waals surface area contributed by atoms with Crippen LogP contribution in [-0.2, 0) is 6.42 Å². The number of nitrogens with zero attached hydrogens (tertiary/aromatic N) is 2. The smallest absolute Gasteiger partial charge is 0.0399 e. The van der Waals surface area contributed by atoms with Crippen LogP contribution in [0.5, 0.6) is 0 Å². The molecule has 0 aliphatic carbocycles. The summed E-state index contributed by atoms with van der Waals surface area (Å²) in [6, 6.07) is 7.52. The molecule has 2 rings (SSSR count). The van der Waals surface area contributed by atoms with Gasteiger partial charge >= 0.3 is 0 Å². The molecule has 1 aromatic carbocycles. The quantitative estimate of drug-likeness (QED) is 0.900. The summed E-state index contributed by atoms with van der Waals surface area (Å²) in [7, 11) is 4.37. The lowest BCUT2D eigenvalue weighted by molar-refractivity contribution is 0.249. The number of aryl methyl sites for hydroxylation is 1. The average Bonchev–Trinajstić information content (AvgIpc) is 2.39. The molecule has 1 heterocycles. The van der Waals surface area contributed by atoms with E-state index in [0.717, 1.165) is 32.1 Å². The summed E-state index contributed by atoms with van der Waals surface area (Å²) in [5.41, 5.74) is 9.88. The summed E-state index contributed by atoms with van der Waals surface area (Å²) in [6.45, 7) is 5.19. The van der Waals surface area contributed by atoms with Gasteiger partial charge in [0.05, 0.1) is 0 Å². The van der Waals surface area contributed by atoms with Crippen molar-refractivity contribution in [3.8, 4) is 0 Å². The Morgan fingerprint density at radius 3 is 2.53 bits per heavy atom. The summed E-state index contributed by atoms with van der Waals surface area (Å²) in [6.07, 6.45) is 3.48. The fourth-order valence-electron chi connectivity index (χ4n) is 3.00. The maximum absolute atomic E-state index is 5.75. The Balaban J connectivity index is 2.10. The van der Waals surface area contributed by atoms with E-state index in [1.54, 1.807) is 0 Å². The lowest BCUT2D eigenvalue weighted by Crippen LogP contribution is -2.42. The molecule has 1 aromatic rings. The van der Waals surface area contributed by atoms with Crippen LogP contribution in [0.25, 0.3) is 0 Å². The molecule has 0 spiro atoms. The zero-order valence-electron chi connectivity index (χ0n) is 12.5. The second kappa shape index (κ2) is 6.40. The van der Waals surface area contributed by atoms with Crippen LogP contribution in [0.1, 0.15) is 24.0 Å². The van der Waals surface area contributed by atoms with Crippen molar-refractivity contribution in [2.45, 2.75) is 32.2 Å². The molecule has 1 aliphatic heterocycles. The van der Waals surface area contributed by atoms with Gasteiger partial charge in [-0.3, -0.25) is 0 Å². The van der Waals surface area contributed by atoms with E-state index in [1.165, 1.54) is 29.7 Å². The third-order valence-corrected chi connectivity index (χ3v) is 4.18. The van der Waals surface area contributed by atoms with Crippen LogP contribution in [0, 0.1) is 6.92 Å². The second-order valence-electron chi connectivity index (χ2n) is 5.85. The maximum Gasteiger partial charge on any atom is 0.0399 e. The Kier molecular flexibility index (Phi) is 4.83. The largest absolute Gasteiger partial charge is 0.371 e. The third-order valence-electron chi connectivity index (χ3n) is 4.18. The fourth-order valence-corrected chi connectivity index (χ4v) is 3.00. The van der Waals surface area contributed by atoms with E-state index in [-0.39, 0.29) is 0 Å². The minimum absolute atomic E-state index is 0.727. The molecule has 1 fully saturated rings. The van der Waals surface area contributed by atoms with Gasteiger partial charge in [0, 0.05) is 24.8 Å². The molecule has 0 amide bonds. The molecule has 0 bridgehead atoms. The van der Waals surface area contributed by atoms with Gasteiger partial charge in [-0.1, -0.05) is 17.7 Å². The van der Waals surface area contributed by atoms with Crippen LogP contribution >= 0.6 is 0 Å². The van der Waals surface area contributed by atoms with Crippen LogP contribution < -0.4 is 10.6 Å². The van der Waals surface area contributed by atoms with E-state index in [2.05, 4.69) is 49.0 Å². The Labute approximate surface area is 117 Å². The van der Waals surface area contributed by atoms with Gasteiger partial charge in [-0.25, -0.2) is 0 Å². The summed E-state index contributed by atoms with van der Waals surface area (Å²) < 4.78 is 0. The number of hydrogen-bond acceptors (Lipinski definition) is 3. The van der Waals surface area contributed by atoms with Gasteiger partial charge in [0.2, 0.25) is 0 Å². The molecule has 0 radical (unpaired) electrons. The van der Waals surface area contributed by atoms with Crippen molar-refractivity contribution < 1.29 is 0 Å². The first-order valence-electron chi connectivity index (χ1n) is 7.33. The normalized spacial score (nSPS) is 17.2. The molecule has 0 atom stereocenters. The average molecular weight is 261 g/mol. The Hall–Kier alpha value is -1.06. The standard InChI is InChI=1S/C16H27N3/c1-13-4-5-16(14(12-13)6-9-17)19-10-7-15(8-11-19)18(2)3/h4-5,12,15H,6-11,17H2,1-3H3. The monoisotopic (exact) mass is 261 g/mol. The minimum Gasteiger partial charge on any atom is -0.371 e. The Bertz CT molecular complexity index is 406. The van der Waals surface area contributed by atoms with Crippen LogP contribution in [0.15, 0.2) is 18.2 Å². The highest BCUT2D eigenvalue weighted by Gasteiger charge is 2.21. The van der Waals surface area contributed by atoms with E-state index >= 15 is 0 Å². The fraction of sp³-hybridized carbons (Fsp3) is 0.625. The van der Waals surface area contributed by atoms with Crippen molar-refractivity contribution in [3.05, 3.63) is 29.3 Å². The van der Waals surface area contributed by atoms with Crippen LogP contribution in [0.2, 0.25) is 0 Å². The van der Waals surface area contributed by atoms with E-state index in [9.17, 15) is 0 Å². The van der Waals surface area contributed by atoms with E-state index in [4.69, 9.17) is 5.73 Å². The number of hydrogen-bond donors (Lipinski definition) is 1. The molecule has 0 aromatic heterocycles. The molecular weight excluding hydrogens is 234 g/mol. The van der Waals surface area contributed by atoms with Crippen molar-refractivity contribution in [1.82, 2.24) is 4.90 Å². The first kappa shape index (κ1) is 14.4. The molecule has 3 heteroatoms. The van der Waals surface area contributed by atoms with Gasteiger partial charge in [0.15, 0.2) is 0 Å². The lowest BCUT2D eigenvalue weighted by atomic mass is 10.00. The number of benzene rings is 1. The molecule has 19 heavy (non-hydrogen) atoms. The molecule has 2 N–H and O–H groups in total. The number of anilines is 1. The molecule has 0 unspecified atom stereocenters. The maximum atomic E-state index is 5.75. The first-order chi connectivity index (χ1) is 9.11. The highest BCUT2D eigenvalue weighted by atomic mass is 15.2. The van der Waals surface area contributed by atoms with E-state index in [1.807, 2.05) is 0 Å². The number of rotatable bonds is 4. The first-order valence-corrected chi connectivity index (χ1v) is 7.33. The second-order valence-corrected chi connectivity index (χ2v) is 5.85. The van der Waals surface area contributed by atoms with Crippen LogP contribution in [0.4, 0.5) is 5.69 Å². The van der Waals surface area contributed by atoms with Gasteiger partial charge < -0.3 is 15.5 Å². The Morgan fingerprint density at radius 1 is 1.26 bits per heavy atom. The third kappa shape index (κ3) is 3.48. The van der Waals surface area contributed by atoms with E-state index in [0.29, 0.717) is 0 Å². The summed E-state index contributed by atoms with van der Waals surface area (Å²) in [5, 5.41) is 0. The SMILES string of the molecule is Cc1ccc(N2CCC(N(C)C)CC2)c(CCN)c1. The summed E-state index contributed by atoms with van der Waals surface area (Å²) >= 11 is 0. The Morgan fingerprint density at radius 2 is 1.95 bits per heavy atom. The molecule has 3 nitrogen and oxygen atoms in total. The van der Waals surface area contributed by atoms with Crippen molar-refractivity contribution in [2.75, 3.05) is 38.6 Å². The van der Waals surface area contributed by atoms with Crippen molar-refractivity contribution >= 4 is 5.69 Å². The molecule has 1 saturated heterocycles. The highest BCUT2D eigenvalue weighted by molar-refractivity contribution is 5.55. The molecule has 0 saturated carbocycles. The number of piperidine rings is 1. The molecule has 106 valence electrons. The van der Waals surface area contributed by atoms with Crippen molar-refractivity contribution in [3.63, 3.8) is 0 Å². The summed E-state index contributed by atoms with van der Waals surface area (Å²) in [5.74, 6) is 0. The predicted octanol–water partition coefficient (Wildman–Crippen LogP) is 2.03. The highest BCUT2D eigenvalue weighted by Crippen LogP contribution is 2.26. The van der Waals surface area contributed by atoms with Gasteiger partial charge in [0.1, 0.15) is 0 Å². The van der Waals surface area contributed by atoms with E-state index < -0.39 is 0 Å². The van der Waals surface area contributed by atoms with Gasteiger partial charge in [-0.15, -0.1) is 0 Å². The van der Waals surface area contributed by atoms with Gasteiger partial charge in [0.25, 0.3) is 0 Å². The van der Waals surface area contributed by atoms with Crippen molar-refractivity contribution in [1.29, 1.82) is 0 Å². The number of nitrogens with two attached hydrogens (primary N) is 1. The lowest BCUT2D eigenvalue weighted by Gasteiger charge is -2.37. The van der Waals surface area contributed by atoms with Crippen LogP contribution in [0.3, 0.4) is 0 Å². The topological polar surface area (TPSA) is 32.5 Å². The zero-order valence-corrected chi connectivity index (χ0v) is 12.5. The zero-order chi connectivity index (χ0) is 13.8. The molecule has 1 aliphatic rings. The van der Waals surface area contributed by atoms with Crippen LogP contribution in [-0.4, -0.2) is 44.7 Å². The summed E-state index contributed by atoms with van der Waals surface area (Å²) in [4.78, 5) is 4.89. The molecular formula is C16H27N3. The minimum atomic E-state index is 0.727.